The van der Waals surface area contributed by atoms with Gasteiger partial charge in [0.25, 0.3) is 0 Å². The van der Waals surface area contributed by atoms with Crippen molar-refractivity contribution >= 4 is 0 Å². The molecule has 2 nitrogen and oxygen atoms in total. The Morgan fingerprint density at radius 1 is 1.55 bits per heavy atom. The van der Waals surface area contributed by atoms with Crippen molar-refractivity contribution in [1.82, 2.24) is 4.98 Å². The Morgan fingerprint density at radius 2 is 2.45 bits per heavy atom. The van der Waals surface area contributed by atoms with Crippen molar-refractivity contribution < 1.29 is 4.74 Å². The zero-order valence-corrected chi connectivity index (χ0v) is 6.53. The summed E-state index contributed by atoms with van der Waals surface area (Å²) in [4.78, 5) is 3.99. The van der Waals surface area contributed by atoms with Gasteiger partial charge in [-0.3, -0.25) is 0 Å². The predicted octanol–water partition coefficient (Wildman–Crippen LogP) is 2.04. The number of rotatable bonds is 3. The minimum atomic E-state index is 0.591. The molecule has 0 bridgehead atoms. The first-order valence-corrected chi connectivity index (χ1v) is 3.58. The Morgan fingerprint density at radius 3 is 3.09 bits per heavy atom. The highest BCUT2D eigenvalue weighted by atomic mass is 16.5. The summed E-state index contributed by atoms with van der Waals surface area (Å²) in [6, 6.07) is 5.60. The topological polar surface area (TPSA) is 22.1 Å². The van der Waals surface area contributed by atoms with E-state index < -0.39 is 0 Å². The van der Waals surface area contributed by atoms with Gasteiger partial charge in [-0.25, -0.2) is 4.98 Å². The molecular weight excluding hydrogens is 138 g/mol. The number of ether oxygens (including phenoxy) is 1. The maximum Gasteiger partial charge on any atom is 0.213 e. The van der Waals surface area contributed by atoms with E-state index >= 15 is 0 Å². The SMILES string of the molecule is CC=CCOc1ccccn1. The Labute approximate surface area is 66.5 Å². The van der Waals surface area contributed by atoms with Gasteiger partial charge in [0, 0.05) is 12.3 Å². The number of pyridine rings is 1. The summed E-state index contributed by atoms with van der Waals surface area (Å²) in [7, 11) is 0. The molecule has 1 heterocycles. The van der Waals surface area contributed by atoms with Gasteiger partial charge in [0.15, 0.2) is 0 Å². The molecule has 2 heteroatoms. The smallest absolute Gasteiger partial charge is 0.213 e. The third kappa shape index (κ3) is 2.85. The van der Waals surface area contributed by atoms with Crippen molar-refractivity contribution in [3.05, 3.63) is 36.5 Å². The van der Waals surface area contributed by atoms with Gasteiger partial charge in [-0.15, -0.1) is 0 Å². The third-order valence-corrected chi connectivity index (χ3v) is 1.20. The molecule has 0 radical (unpaired) electrons. The number of hydrogen-bond acceptors (Lipinski definition) is 2. The molecule has 0 spiro atoms. The van der Waals surface area contributed by atoms with Gasteiger partial charge in [-0.2, -0.15) is 0 Å². The van der Waals surface area contributed by atoms with Crippen LogP contribution in [0.15, 0.2) is 36.5 Å². The Hall–Kier alpha value is -1.31. The van der Waals surface area contributed by atoms with Crippen LogP contribution in [0.3, 0.4) is 0 Å². The molecule has 1 aromatic rings. The van der Waals surface area contributed by atoms with E-state index in [0.29, 0.717) is 12.5 Å². The van der Waals surface area contributed by atoms with E-state index in [9.17, 15) is 0 Å². The molecule has 0 amide bonds. The third-order valence-electron chi connectivity index (χ3n) is 1.20. The van der Waals surface area contributed by atoms with Crippen LogP contribution < -0.4 is 4.74 Å². The number of nitrogens with zero attached hydrogens (tertiary/aromatic N) is 1. The van der Waals surface area contributed by atoms with Crippen LogP contribution in [0.25, 0.3) is 0 Å². The second-order valence-corrected chi connectivity index (χ2v) is 2.05. The average molecular weight is 149 g/mol. The first-order valence-electron chi connectivity index (χ1n) is 3.58. The van der Waals surface area contributed by atoms with Gasteiger partial charge in [0.05, 0.1) is 0 Å². The van der Waals surface area contributed by atoms with Crippen molar-refractivity contribution in [1.29, 1.82) is 0 Å². The summed E-state index contributed by atoms with van der Waals surface area (Å²) < 4.78 is 5.25. The first kappa shape index (κ1) is 7.79. The predicted molar refractivity (Wildman–Crippen MR) is 44.5 cm³/mol. The van der Waals surface area contributed by atoms with Crippen molar-refractivity contribution in [3.8, 4) is 5.88 Å². The second kappa shape index (κ2) is 4.50. The number of allylic oxidation sites excluding steroid dienone is 1. The van der Waals surface area contributed by atoms with Gasteiger partial charge in [-0.1, -0.05) is 18.2 Å². The highest BCUT2D eigenvalue weighted by Gasteiger charge is 1.87. The lowest BCUT2D eigenvalue weighted by Gasteiger charge is -1.98. The van der Waals surface area contributed by atoms with E-state index in [2.05, 4.69) is 4.98 Å². The van der Waals surface area contributed by atoms with E-state index in [-0.39, 0.29) is 0 Å². The largest absolute Gasteiger partial charge is 0.473 e. The molecule has 0 atom stereocenters. The number of hydrogen-bond donors (Lipinski definition) is 0. The van der Waals surface area contributed by atoms with Gasteiger partial charge < -0.3 is 4.74 Å². The minimum Gasteiger partial charge on any atom is -0.473 e. The highest BCUT2D eigenvalue weighted by Crippen LogP contribution is 2.02. The molecule has 58 valence electrons. The van der Waals surface area contributed by atoms with Crippen LogP contribution in [0.5, 0.6) is 5.88 Å². The number of aromatic nitrogens is 1. The second-order valence-electron chi connectivity index (χ2n) is 2.05. The lowest BCUT2D eigenvalue weighted by Crippen LogP contribution is -1.94. The Kier molecular flexibility index (Phi) is 3.19. The molecule has 0 saturated heterocycles. The molecule has 0 unspecified atom stereocenters. The molecule has 0 aliphatic carbocycles. The minimum absolute atomic E-state index is 0.591. The van der Waals surface area contributed by atoms with E-state index in [1.807, 2.05) is 37.3 Å². The molecule has 1 aromatic heterocycles. The van der Waals surface area contributed by atoms with E-state index in [1.165, 1.54) is 0 Å². The zero-order valence-electron chi connectivity index (χ0n) is 6.53. The van der Waals surface area contributed by atoms with Crippen molar-refractivity contribution in [2.45, 2.75) is 6.92 Å². The fourth-order valence-corrected chi connectivity index (χ4v) is 0.662. The summed E-state index contributed by atoms with van der Waals surface area (Å²) in [6.07, 6.45) is 5.60. The standard InChI is InChI=1S/C9H11NO/c1-2-3-8-11-9-6-4-5-7-10-9/h2-7H,8H2,1H3. The summed E-state index contributed by atoms with van der Waals surface area (Å²) in [5, 5.41) is 0. The fraction of sp³-hybridized carbons (Fsp3) is 0.222. The van der Waals surface area contributed by atoms with Crippen LogP contribution in [0.2, 0.25) is 0 Å². The summed E-state index contributed by atoms with van der Waals surface area (Å²) in [6.45, 7) is 2.55. The normalized spacial score (nSPS) is 10.3. The zero-order chi connectivity index (χ0) is 7.94. The van der Waals surface area contributed by atoms with E-state index in [0.717, 1.165) is 0 Å². The summed E-state index contributed by atoms with van der Waals surface area (Å²) in [5.41, 5.74) is 0. The monoisotopic (exact) mass is 149 g/mol. The molecule has 0 aliphatic heterocycles. The molecule has 1 rings (SSSR count). The van der Waals surface area contributed by atoms with Crippen molar-refractivity contribution in [2.75, 3.05) is 6.61 Å². The van der Waals surface area contributed by atoms with Gasteiger partial charge in [-0.05, 0) is 13.0 Å². The molecular formula is C9H11NO. The van der Waals surface area contributed by atoms with E-state index in [4.69, 9.17) is 4.74 Å². The van der Waals surface area contributed by atoms with Crippen LogP contribution in [0.1, 0.15) is 6.92 Å². The maximum atomic E-state index is 5.25. The van der Waals surface area contributed by atoms with Crippen molar-refractivity contribution in [2.24, 2.45) is 0 Å². The lowest BCUT2D eigenvalue weighted by molar-refractivity contribution is 0.348. The molecule has 11 heavy (non-hydrogen) atoms. The summed E-state index contributed by atoms with van der Waals surface area (Å²) >= 11 is 0. The molecule has 0 aliphatic rings. The van der Waals surface area contributed by atoms with Crippen LogP contribution in [0.4, 0.5) is 0 Å². The Bertz CT molecular complexity index is 218. The molecule has 0 N–H and O–H groups in total. The van der Waals surface area contributed by atoms with Crippen LogP contribution in [0, 0.1) is 0 Å². The Balaban J connectivity index is 2.39. The lowest BCUT2D eigenvalue weighted by atomic mass is 10.5. The molecule has 0 aromatic carbocycles. The van der Waals surface area contributed by atoms with Crippen LogP contribution >= 0.6 is 0 Å². The van der Waals surface area contributed by atoms with Crippen LogP contribution in [-0.4, -0.2) is 11.6 Å². The highest BCUT2D eigenvalue weighted by molar-refractivity contribution is 5.09. The molecule has 0 saturated carbocycles. The molecule has 0 fully saturated rings. The van der Waals surface area contributed by atoms with Gasteiger partial charge in [0.2, 0.25) is 5.88 Å². The average Bonchev–Trinajstić information content (AvgIpc) is 2.07. The quantitative estimate of drug-likeness (QED) is 0.613. The fourth-order valence-electron chi connectivity index (χ4n) is 0.662. The summed E-state index contributed by atoms with van der Waals surface area (Å²) in [5.74, 6) is 0.672. The van der Waals surface area contributed by atoms with Crippen molar-refractivity contribution in [3.63, 3.8) is 0 Å². The van der Waals surface area contributed by atoms with Gasteiger partial charge >= 0.3 is 0 Å². The van der Waals surface area contributed by atoms with Crippen LogP contribution in [-0.2, 0) is 0 Å². The van der Waals surface area contributed by atoms with Gasteiger partial charge in [0.1, 0.15) is 6.61 Å². The first-order chi connectivity index (χ1) is 5.43. The maximum absolute atomic E-state index is 5.25. The van der Waals surface area contributed by atoms with E-state index in [1.54, 1.807) is 6.20 Å².